The zero-order chi connectivity index (χ0) is 6.08. The van der Waals surface area contributed by atoms with Gasteiger partial charge in [0.1, 0.15) is 0 Å². The summed E-state index contributed by atoms with van der Waals surface area (Å²) in [6.07, 6.45) is 0. The molecule has 0 unspecified atom stereocenters. The van der Waals surface area contributed by atoms with E-state index >= 15 is 0 Å². The van der Waals surface area contributed by atoms with Crippen molar-refractivity contribution in [3.63, 3.8) is 0 Å². The van der Waals surface area contributed by atoms with Crippen molar-refractivity contribution in [2.45, 2.75) is 3.48 Å². The van der Waals surface area contributed by atoms with E-state index < -0.39 is 35.2 Å². The molecule has 0 amide bonds. The van der Waals surface area contributed by atoms with Crippen LogP contribution in [0, 0.1) is 0 Å². The molecule has 0 aromatic heterocycles. The first-order chi connectivity index (χ1) is 2.94. The molecular formula is C2HF2O2Tl. The standard InChI is InChI=1S/C2HF2O2.Tl/c3-1(4)2(5)6;/h(H,5,6);. The van der Waals surface area contributed by atoms with Gasteiger partial charge in [-0.25, -0.2) is 0 Å². The molecule has 0 saturated carbocycles. The van der Waals surface area contributed by atoms with E-state index in [2.05, 4.69) is 0 Å². The number of alkyl halides is 2. The van der Waals surface area contributed by atoms with Crippen molar-refractivity contribution in [2.75, 3.05) is 0 Å². The minimum atomic E-state index is -3.42. The van der Waals surface area contributed by atoms with Crippen LogP contribution in [0.4, 0.5) is 8.78 Å². The van der Waals surface area contributed by atoms with Gasteiger partial charge in [-0.3, -0.25) is 0 Å². The van der Waals surface area contributed by atoms with Crippen LogP contribution in [0.3, 0.4) is 0 Å². The molecule has 2 nitrogen and oxygen atoms in total. The molecule has 0 aliphatic heterocycles. The van der Waals surface area contributed by atoms with Crippen LogP contribution in [0.2, 0.25) is 0 Å². The molecule has 0 aromatic rings. The van der Waals surface area contributed by atoms with E-state index in [-0.39, 0.29) is 0 Å². The van der Waals surface area contributed by atoms with Crippen LogP contribution in [0.25, 0.3) is 0 Å². The van der Waals surface area contributed by atoms with E-state index in [0.29, 0.717) is 0 Å². The molecule has 0 aliphatic rings. The van der Waals surface area contributed by atoms with Crippen molar-refractivity contribution in [1.29, 1.82) is 0 Å². The summed E-state index contributed by atoms with van der Waals surface area (Å²) < 4.78 is 19.2. The Labute approximate surface area is 54.2 Å². The first kappa shape index (κ1) is 7.25. The summed E-state index contributed by atoms with van der Waals surface area (Å²) in [6.45, 7) is 0. The van der Waals surface area contributed by atoms with Gasteiger partial charge in [0, 0.05) is 0 Å². The molecule has 0 fully saturated rings. The van der Waals surface area contributed by atoms with Gasteiger partial charge >= 0.3 is 53.9 Å². The fourth-order valence-corrected chi connectivity index (χ4v) is 0. The summed E-state index contributed by atoms with van der Waals surface area (Å²) in [4.78, 5) is 9.31. The van der Waals surface area contributed by atoms with Gasteiger partial charge in [0.15, 0.2) is 0 Å². The average molecular weight is 299 g/mol. The average Bonchev–Trinajstić information content (AvgIpc) is 1.31. The summed E-state index contributed by atoms with van der Waals surface area (Å²) in [5.41, 5.74) is 0. The Morgan fingerprint density at radius 1 is 1.71 bits per heavy atom. The Morgan fingerprint density at radius 3 is 1.86 bits per heavy atom. The summed E-state index contributed by atoms with van der Waals surface area (Å²) in [7, 11) is 0. The van der Waals surface area contributed by atoms with Crippen LogP contribution in [0.5, 0.6) is 0 Å². The number of carboxylic acids is 1. The molecule has 0 bridgehead atoms. The summed E-state index contributed by atoms with van der Waals surface area (Å²) >= 11 is -0.810. The van der Waals surface area contributed by atoms with Crippen molar-refractivity contribution < 1.29 is 18.7 Å². The number of rotatable bonds is 1. The molecule has 5 heteroatoms. The van der Waals surface area contributed by atoms with Crippen LogP contribution < -0.4 is 0 Å². The van der Waals surface area contributed by atoms with Crippen LogP contribution in [0.15, 0.2) is 0 Å². The molecule has 0 aromatic carbocycles. The Bertz CT molecular complexity index is 86.2. The van der Waals surface area contributed by atoms with Crippen LogP contribution >= 0.6 is 0 Å². The van der Waals surface area contributed by atoms with E-state index in [1.807, 2.05) is 0 Å². The predicted molar refractivity (Wildman–Crippen MR) is 18.3 cm³/mol. The van der Waals surface area contributed by atoms with Gasteiger partial charge in [-0.1, -0.05) is 0 Å². The second-order valence-corrected chi connectivity index (χ2v) is 3.75. The molecule has 0 radical (unpaired) electrons. The van der Waals surface area contributed by atoms with Crippen molar-refractivity contribution in [1.82, 2.24) is 0 Å². The summed E-state index contributed by atoms with van der Waals surface area (Å²) in [5, 5.41) is 7.54. The summed E-state index contributed by atoms with van der Waals surface area (Å²) in [6, 6.07) is 0. The molecule has 0 rings (SSSR count). The van der Waals surface area contributed by atoms with E-state index in [0.717, 1.165) is 0 Å². The maximum absolute atomic E-state index is 11.3. The topological polar surface area (TPSA) is 37.3 Å². The van der Waals surface area contributed by atoms with Gasteiger partial charge in [0.2, 0.25) is 0 Å². The molecule has 0 saturated heterocycles. The second-order valence-electron chi connectivity index (χ2n) is 0.928. The Balaban J connectivity index is 3.79. The first-order valence-corrected chi connectivity index (χ1v) is 3.59. The van der Waals surface area contributed by atoms with Gasteiger partial charge in [0.05, 0.1) is 0 Å². The zero-order valence-electron chi connectivity index (χ0n) is 3.19. The normalized spacial score (nSPS) is 11.0. The van der Waals surface area contributed by atoms with Crippen LogP contribution in [-0.2, 0) is 4.79 Å². The van der Waals surface area contributed by atoms with Gasteiger partial charge in [-0.15, -0.1) is 0 Å². The Kier molecular flexibility index (Phi) is 2.09. The van der Waals surface area contributed by atoms with E-state index in [1.165, 1.54) is 0 Å². The molecule has 0 atom stereocenters. The van der Waals surface area contributed by atoms with Crippen molar-refractivity contribution in [3.8, 4) is 0 Å². The number of halogens is 2. The molecule has 0 aliphatic carbocycles. The quantitative estimate of drug-likeness (QED) is 0.683. The third-order valence-electron chi connectivity index (χ3n) is 0.285. The monoisotopic (exact) mass is 300 g/mol. The minimum absolute atomic E-state index is 0.810. The Morgan fingerprint density at radius 2 is 1.86 bits per heavy atom. The molecule has 38 valence electrons. The van der Waals surface area contributed by atoms with Gasteiger partial charge in [0.25, 0.3) is 0 Å². The van der Waals surface area contributed by atoms with E-state index in [1.54, 1.807) is 0 Å². The number of carboxylic acid groups (broad SMARTS) is 1. The zero-order valence-corrected chi connectivity index (χ0v) is 7.68. The fourth-order valence-electron chi connectivity index (χ4n) is 0. The third kappa shape index (κ3) is 2.89. The first-order valence-electron chi connectivity index (χ1n) is 1.34. The Hall–Kier alpha value is 0.252. The van der Waals surface area contributed by atoms with Crippen molar-refractivity contribution in [3.05, 3.63) is 0 Å². The predicted octanol–water partition coefficient (Wildman–Crippen LogP) is -0.168. The van der Waals surface area contributed by atoms with Gasteiger partial charge in [-0.2, -0.15) is 0 Å². The maximum atomic E-state index is 11.3. The molecule has 1 N–H and O–H groups in total. The fraction of sp³-hybridized carbons (Fsp3) is 0.500. The number of carbonyl (C=O) groups is 1. The van der Waals surface area contributed by atoms with E-state index in [4.69, 9.17) is 5.11 Å². The third-order valence-corrected chi connectivity index (χ3v) is 1.25. The van der Waals surface area contributed by atoms with Crippen LogP contribution in [-0.4, -0.2) is 40.3 Å². The molecule has 0 spiro atoms. The second kappa shape index (κ2) is 2.01. The number of hydrogen-bond donors (Lipinski definition) is 1. The SMILES string of the molecule is O=C(O)[C](F)(F)[Tl]. The van der Waals surface area contributed by atoms with E-state index in [9.17, 15) is 13.6 Å². The molecule has 7 heavy (non-hydrogen) atoms. The summed E-state index contributed by atoms with van der Waals surface area (Å²) in [5.74, 6) is -2.02. The molecule has 0 heterocycles. The van der Waals surface area contributed by atoms with Crippen LogP contribution in [0.1, 0.15) is 0 Å². The van der Waals surface area contributed by atoms with Crippen molar-refractivity contribution >= 4 is 31.7 Å². The number of aliphatic carboxylic acids is 1. The van der Waals surface area contributed by atoms with Gasteiger partial charge in [-0.05, 0) is 0 Å². The number of hydrogen-bond acceptors (Lipinski definition) is 1. The van der Waals surface area contributed by atoms with Crippen molar-refractivity contribution in [2.24, 2.45) is 0 Å². The molecular weight excluding hydrogens is 298 g/mol. The van der Waals surface area contributed by atoms with Gasteiger partial charge < -0.3 is 0 Å².